The molecule has 0 radical (unpaired) electrons. The molecule has 4 nitrogen and oxygen atoms in total. The molecule has 1 saturated heterocycles. The fourth-order valence-electron chi connectivity index (χ4n) is 1.27. The number of hydrogen-bond donors (Lipinski definition) is 0. The van der Waals surface area contributed by atoms with Crippen LogP contribution in [0.15, 0.2) is 12.3 Å². The zero-order valence-electron chi connectivity index (χ0n) is 7.70. The zero-order chi connectivity index (χ0) is 9.97. The maximum Gasteiger partial charge on any atom is 0.232 e. The monoisotopic (exact) mass is 215 g/mol. The summed E-state index contributed by atoms with van der Waals surface area (Å²) in [5.41, 5.74) is 0.813. The minimum absolute atomic E-state index is 0.342. The first-order chi connectivity index (χ1) is 6.81. The van der Waals surface area contributed by atoms with Crippen molar-refractivity contribution in [2.45, 2.75) is 6.29 Å². The molecular formula is C9H10ClNO3. The Balaban J connectivity index is 2.23. The van der Waals surface area contributed by atoms with Crippen molar-refractivity contribution in [1.29, 1.82) is 0 Å². The van der Waals surface area contributed by atoms with Gasteiger partial charge >= 0.3 is 0 Å². The average molecular weight is 216 g/mol. The van der Waals surface area contributed by atoms with Gasteiger partial charge < -0.3 is 14.2 Å². The number of rotatable bonds is 2. The topological polar surface area (TPSA) is 40.6 Å². The van der Waals surface area contributed by atoms with Gasteiger partial charge in [0.2, 0.25) is 5.88 Å². The number of halogens is 1. The number of aromatic nitrogens is 1. The number of pyridine rings is 1. The maximum atomic E-state index is 5.91. The first-order valence-electron chi connectivity index (χ1n) is 4.24. The minimum Gasteiger partial charge on any atom is -0.480 e. The molecule has 0 aliphatic carbocycles. The average Bonchev–Trinajstić information content (AvgIpc) is 2.70. The minimum atomic E-state index is -0.342. The molecule has 0 bridgehead atoms. The van der Waals surface area contributed by atoms with Gasteiger partial charge in [-0.1, -0.05) is 11.6 Å². The molecule has 0 unspecified atom stereocenters. The predicted molar refractivity (Wildman–Crippen MR) is 50.4 cm³/mol. The van der Waals surface area contributed by atoms with Crippen molar-refractivity contribution in [2.24, 2.45) is 0 Å². The molecule has 14 heavy (non-hydrogen) atoms. The van der Waals surface area contributed by atoms with Crippen LogP contribution in [0, 0.1) is 0 Å². The maximum absolute atomic E-state index is 5.91. The van der Waals surface area contributed by atoms with Gasteiger partial charge in [-0.15, -0.1) is 0 Å². The highest BCUT2D eigenvalue weighted by Crippen LogP contribution is 2.28. The van der Waals surface area contributed by atoms with E-state index in [9.17, 15) is 0 Å². The van der Waals surface area contributed by atoms with Crippen molar-refractivity contribution in [3.05, 3.63) is 22.8 Å². The molecule has 0 spiro atoms. The highest BCUT2D eigenvalue weighted by Gasteiger charge is 2.19. The van der Waals surface area contributed by atoms with E-state index in [4.69, 9.17) is 25.8 Å². The van der Waals surface area contributed by atoms with E-state index in [0.29, 0.717) is 24.1 Å². The second-order valence-corrected chi connectivity index (χ2v) is 3.24. The molecule has 2 rings (SSSR count). The molecule has 76 valence electrons. The molecule has 0 aromatic carbocycles. The Morgan fingerprint density at radius 1 is 1.50 bits per heavy atom. The molecular weight excluding hydrogens is 206 g/mol. The van der Waals surface area contributed by atoms with Gasteiger partial charge in [-0.3, -0.25) is 0 Å². The second kappa shape index (κ2) is 4.13. The standard InChI is InChI=1S/C9H10ClNO3/c1-12-8-7(10)4-6(5-11-8)9-13-2-3-14-9/h4-5,9H,2-3H2,1H3. The van der Waals surface area contributed by atoms with Gasteiger partial charge in [-0.2, -0.15) is 0 Å². The van der Waals surface area contributed by atoms with Crippen molar-refractivity contribution in [1.82, 2.24) is 4.98 Å². The third-order valence-corrected chi connectivity index (χ3v) is 2.19. The van der Waals surface area contributed by atoms with Crippen LogP contribution in [-0.2, 0) is 9.47 Å². The van der Waals surface area contributed by atoms with E-state index in [0.717, 1.165) is 5.56 Å². The predicted octanol–water partition coefficient (Wildman–Crippen LogP) is 1.79. The molecule has 0 atom stereocenters. The summed E-state index contributed by atoms with van der Waals surface area (Å²) in [5.74, 6) is 0.411. The Hall–Kier alpha value is -0.840. The van der Waals surface area contributed by atoms with Crippen molar-refractivity contribution in [2.75, 3.05) is 20.3 Å². The van der Waals surface area contributed by atoms with Crippen LogP contribution >= 0.6 is 11.6 Å². The fraction of sp³-hybridized carbons (Fsp3) is 0.444. The molecule has 1 aliphatic rings. The van der Waals surface area contributed by atoms with Gasteiger partial charge in [-0.25, -0.2) is 4.98 Å². The smallest absolute Gasteiger partial charge is 0.232 e. The SMILES string of the molecule is COc1ncc(C2OCCO2)cc1Cl. The highest BCUT2D eigenvalue weighted by molar-refractivity contribution is 6.31. The van der Waals surface area contributed by atoms with E-state index < -0.39 is 0 Å². The van der Waals surface area contributed by atoms with Crippen molar-refractivity contribution in [3.63, 3.8) is 0 Å². The van der Waals surface area contributed by atoms with E-state index in [1.165, 1.54) is 7.11 Å². The largest absolute Gasteiger partial charge is 0.480 e. The zero-order valence-corrected chi connectivity index (χ0v) is 8.45. The Bertz CT molecular complexity index is 326. The molecule has 0 saturated carbocycles. The summed E-state index contributed by atoms with van der Waals surface area (Å²) in [6.07, 6.45) is 1.30. The van der Waals surface area contributed by atoms with Gasteiger partial charge in [0.25, 0.3) is 0 Å². The summed E-state index contributed by atoms with van der Waals surface area (Å²) in [4.78, 5) is 4.03. The van der Waals surface area contributed by atoms with Gasteiger partial charge in [0.05, 0.1) is 20.3 Å². The molecule has 2 heterocycles. The lowest BCUT2D eigenvalue weighted by atomic mass is 10.3. The van der Waals surface area contributed by atoms with Gasteiger partial charge in [0.1, 0.15) is 5.02 Å². The molecule has 1 aromatic heterocycles. The Morgan fingerprint density at radius 3 is 2.79 bits per heavy atom. The molecule has 0 N–H and O–H groups in total. The molecule has 0 amide bonds. The first kappa shape index (κ1) is 9.71. The summed E-state index contributed by atoms with van der Waals surface area (Å²) in [6.45, 7) is 1.21. The Kier molecular flexibility index (Phi) is 2.86. The van der Waals surface area contributed by atoms with Gasteiger partial charge in [-0.05, 0) is 6.07 Å². The number of methoxy groups -OCH3 is 1. The van der Waals surface area contributed by atoms with Crippen molar-refractivity contribution >= 4 is 11.6 Å². The number of ether oxygens (including phenoxy) is 3. The fourth-order valence-corrected chi connectivity index (χ4v) is 1.52. The molecule has 1 aromatic rings. The summed E-state index contributed by atoms with van der Waals surface area (Å²) >= 11 is 5.91. The van der Waals surface area contributed by atoms with Gasteiger partial charge in [0, 0.05) is 11.8 Å². The highest BCUT2D eigenvalue weighted by atomic mass is 35.5. The van der Waals surface area contributed by atoms with Crippen LogP contribution in [0.25, 0.3) is 0 Å². The Morgan fingerprint density at radius 2 is 2.21 bits per heavy atom. The van der Waals surface area contributed by atoms with Gasteiger partial charge in [0.15, 0.2) is 6.29 Å². The summed E-state index contributed by atoms with van der Waals surface area (Å²) in [5, 5.41) is 0.462. The lowest BCUT2D eigenvalue weighted by Gasteiger charge is -2.10. The summed E-state index contributed by atoms with van der Waals surface area (Å²) in [6, 6.07) is 1.74. The van der Waals surface area contributed by atoms with Crippen LogP contribution in [0.2, 0.25) is 5.02 Å². The lowest BCUT2D eigenvalue weighted by Crippen LogP contribution is -1.99. The quantitative estimate of drug-likeness (QED) is 0.754. The van der Waals surface area contributed by atoms with Crippen LogP contribution in [0.3, 0.4) is 0 Å². The van der Waals surface area contributed by atoms with Crippen LogP contribution in [0.4, 0.5) is 0 Å². The molecule has 5 heteroatoms. The molecule has 1 aliphatic heterocycles. The number of nitrogens with zero attached hydrogens (tertiary/aromatic N) is 1. The van der Waals surface area contributed by atoms with E-state index in [-0.39, 0.29) is 6.29 Å². The van der Waals surface area contributed by atoms with E-state index in [1.807, 2.05) is 0 Å². The normalized spacial score (nSPS) is 17.3. The third-order valence-electron chi connectivity index (χ3n) is 1.92. The first-order valence-corrected chi connectivity index (χ1v) is 4.61. The van der Waals surface area contributed by atoms with Crippen LogP contribution in [0.1, 0.15) is 11.9 Å². The third kappa shape index (κ3) is 1.82. The van der Waals surface area contributed by atoms with E-state index >= 15 is 0 Å². The lowest BCUT2D eigenvalue weighted by molar-refractivity contribution is -0.0443. The van der Waals surface area contributed by atoms with E-state index in [2.05, 4.69) is 4.98 Å². The number of hydrogen-bond acceptors (Lipinski definition) is 4. The summed E-state index contributed by atoms with van der Waals surface area (Å²) < 4.78 is 15.5. The van der Waals surface area contributed by atoms with Crippen LogP contribution in [0.5, 0.6) is 5.88 Å². The second-order valence-electron chi connectivity index (χ2n) is 2.83. The van der Waals surface area contributed by atoms with Crippen LogP contribution in [-0.4, -0.2) is 25.3 Å². The van der Waals surface area contributed by atoms with E-state index in [1.54, 1.807) is 12.3 Å². The van der Waals surface area contributed by atoms with Crippen molar-refractivity contribution < 1.29 is 14.2 Å². The summed E-state index contributed by atoms with van der Waals surface area (Å²) in [7, 11) is 1.52. The Labute approximate surface area is 86.7 Å². The van der Waals surface area contributed by atoms with Crippen LogP contribution < -0.4 is 4.74 Å². The molecule has 1 fully saturated rings. The van der Waals surface area contributed by atoms with Crippen molar-refractivity contribution in [3.8, 4) is 5.88 Å².